The quantitative estimate of drug-likeness (QED) is 0.769. The standard InChI is InChI=1S/C12H20N2O/c1-6-11(2,3)10-7-13-14(8-10)12(4,5)9-15/h6-8,15H,1,9H2,2-5H3. The molecule has 0 fully saturated rings. The smallest absolute Gasteiger partial charge is 0.0801 e. The van der Waals surface area contributed by atoms with E-state index < -0.39 is 0 Å². The average Bonchev–Trinajstić information content (AvgIpc) is 2.67. The van der Waals surface area contributed by atoms with E-state index in [-0.39, 0.29) is 17.6 Å². The lowest BCUT2D eigenvalue weighted by Crippen LogP contribution is -2.30. The molecule has 0 aliphatic heterocycles. The van der Waals surface area contributed by atoms with Gasteiger partial charge in [0.25, 0.3) is 0 Å². The third-order valence-corrected chi connectivity index (χ3v) is 2.84. The van der Waals surface area contributed by atoms with Crippen LogP contribution in [0.1, 0.15) is 33.3 Å². The molecule has 3 heteroatoms. The van der Waals surface area contributed by atoms with Crippen LogP contribution in [-0.4, -0.2) is 21.5 Å². The van der Waals surface area contributed by atoms with Crippen molar-refractivity contribution < 1.29 is 5.11 Å². The molecular formula is C12H20N2O. The normalized spacial score (nSPS) is 12.9. The van der Waals surface area contributed by atoms with E-state index in [1.165, 1.54) is 0 Å². The highest BCUT2D eigenvalue weighted by molar-refractivity contribution is 5.23. The highest BCUT2D eigenvalue weighted by atomic mass is 16.3. The zero-order valence-corrected chi connectivity index (χ0v) is 9.99. The van der Waals surface area contributed by atoms with Gasteiger partial charge in [0.05, 0.1) is 18.3 Å². The molecule has 0 amide bonds. The van der Waals surface area contributed by atoms with Crippen LogP contribution in [0.3, 0.4) is 0 Å². The third-order valence-electron chi connectivity index (χ3n) is 2.84. The molecule has 1 heterocycles. The summed E-state index contributed by atoms with van der Waals surface area (Å²) in [6, 6.07) is 0. The number of hydrogen-bond donors (Lipinski definition) is 1. The molecule has 0 saturated carbocycles. The van der Waals surface area contributed by atoms with Crippen molar-refractivity contribution in [2.75, 3.05) is 6.61 Å². The van der Waals surface area contributed by atoms with Crippen LogP contribution in [0.5, 0.6) is 0 Å². The lowest BCUT2D eigenvalue weighted by molar-refractivity contribution is 0.152. The Hall–Kier alpha value is -1.09. The Morgan fingerprint density at radius 1 is 1.47 bits per heavy atom. The molecule has 1 rings (SSSR count). The van der Waals surface area contributed by atoms with Crippen LogP contribution in [-0.2, 0) is 11.0 Å². The van der Waals surface area contributed by atoms with E-state index in [0.717, 1.165) is 5.56 Å². The SMILES string of the molecule is C=CC(C)(C)c1cnn(C(C)(C)CO)c1. The van der Waals surface area contributed by atoms with Gasteiger partial charge in [-0.15, -0.1) is 6.58 Å². The Labute approximate surface area is 91.4 Å². The molecule has 1 N–H and O–H groups in total. The van der Waals surface area contributed by atoms with Gasteiger partial charge in [-0.25, -0.2) is 0 Å². The number of nitrogens with zero attached hydrogens (tertiary/aromatic N) is 2. The second kappa shape index (κ2) is 3.81. The summed E-state index contributed by atoms with van der Waals surface area (Å²) in [5.41, 5.74) is 0.679. The van der Waals surface area contributed by atoms with Crippen molar-refractivity contribution in [3.63, 3.8) is 0 Å². The fraction of sp³-hybridized carbons (Fsp3) is 0.583. The molecule has 15 heavy (non-hydrogen) atoms. The topological polar surface area (TPSA) is 38.0 Å². The largest absolute Gasteiger partial charge is 0.394 e. The summed E-state index contributed by atoms with van der Waals surface area (Å²) in [4.78, 5) is 0. The molecule has 0 bridgehead atoms. The summed E-state index contributed by atoms with van der Waals surface area (Å²) < 4.78 is 1.80. The van der Waals surface area contributed by atoms with Crippen LogP contribution in [0.15, 0.2) is 25.0 Å². The fourth-order valence-electron chi connectivity index (χ4n) is 1.18. The molecule has 0 aromatic carbocycles. The Morgan fingerprint density at radius 2 is 2.07 bits per heavy atom. The summed E-state index contributed by atoms with van der Waals surface area (Å²) in [6.45, 7) is 12.0. The number of allylic oxidation sites excluding steroid dienone is 1. The molecule has 0 atom stereocenters. The van der Waals surface area contributed by atoms with Gasteiger partial charge in [0, 0.05) is 11.6 Å². The van der Waals surface area contributed by atoms with Gasteiger partial charge in [0.2, 0.25) is 0 Å². The highest BCUT2D eigenvalue weighted by Crippen LogP contribution is 2.25. The van der Waals surface area contributed by atoms with Crippen molar-refractivity contribution >= 4 is 0 Å². The first-order valence-electron chi connectivity index (χ1n) is 5.13. The van der Waals surface area contributed by atoms with E-state index in [9.17, 15) is 5.11 Å². The van der Waals surface area contributed by atoms with Crippen LogP contribution in [0, 0.1) is 0 Å². The average molecular weight is 208 g/mol. The Kier molecular flexibility index (Phi) is 3.05. The molecule has 0 unspecified atom stereocenters. The van der Waals surface area contributed by atoms with Crippen LogP contribution in [0.4, 0.5) is 0 Å². The van der Waals surface area contributed by atoms with E-state index in [4.69, 9.17) is 0 Å². The van der Waals surface area contributed by atoms with Crippen LogP contribution >= 0.6 is 0 Å². The van der Waals surface area contributed by atoms with Gasteiger partial charge in [-0.3, -0.25) is 4.68 Å². The van der Waals surface area contributed by atoms with Crippen molar-refractivity contribution in [2.45, 2.75) is 38.6 Å². The number of rotatable bonds is 4. The number of aliphatic hydroxyl groups excluding tert-OH is 1. The maximum atomic E-state index is 9.24. The predicted octanol–water partition coefficient (Wildman–Crippen LogP) is 2.07. The second-order valence-corrected chi connectivity index (χ2v) is 5.07. The number of aromatic nitrogens is 2. The summed E-state index contributed by atoms with van der Waals surface area (Å²) >= 11 is 0. The van der Waals surface area contributed by atoms with Crippen molar-refractivity contribution in [1.29, 1.82) is 0 Å². The second-order valence-electron chi connectivity index (χ2n) is 5.07. The lowest BCUT2D eigenvalue weighted by atomic mass is 9.87. The summed E-state index contributed by atoms with van der Waals surface area (Å²) in [5.74, 6) is 0. The van der Waals surface area contributed by atoms with Gasteiger partial charge < -0.3 is 5.11 Å². The molecule has 0 aliphatic rings. The molecule has 1 aromatic heterocycles. The monoisotopic (exact) mass is 208 g/mol. The molecule has 0 saturated heterocycles. The molecule has 0 radical (unpaired) electrons. The maximum Gasteiger partial charge on any atom is 0.0801 e. The first-order valence-corrected chi connectivity index (χ1v) is 5.13. The Bertz CT molecular complexity index is 350. The first kappa shape index (κ1) is 12.0. The van der Waals surface area contributed by atoms with Gasteiger partial charge in [-0.2, -0.15) is 5.10 Å². The number of hydrogen-bond acceptors (Lipinski definition) is 2. The zero-order valence-electron chi connectivity index (χ0n) is 9.99. The van der Waals surface area contributed by atoms with E-state index in [2.05, 4.69) is 25.5 Å². The lowest BCUT2D eigenvalue weighted by Gasteiger charge is -2.23. The van der Waals surface area contributed by atoms with Crippen LogP contribution in [0.25, 0.3) is 0 Å². The van der Waals surface area contributed by atoms with Crippen LogP contribution < -0.4 is 0 Å². The zero-order chi connectivity index (χ0) is 11.7. The summed E-state index contributed by atoms with van der Waals surface area (Å²) in [7, 11) is 0. The van der Waals surface area contributed by atoms with E-state index in [0.29, 0.717) is 0 Å². The molecule has 3 nitrogen and oxygen atoms in total. The molecule has 1 aromatic rings. The minimum atomic E-state index is -0.352. The Balaban J connectivity index is 3.05. The predicted molar refractivity (Wildman–Crippen MR) is 61.9 cm³/mol. The number of aliphatic hydroxyl groups is 1. The van der Waals surface area contributed by atoms with Gasteiger partial charge in [0.1, 0.15) is 0 Å². The van der Waals surface area contributed by atoms with E-state index in [1.54, 1.807) is 4.68 Å². The van der Waals surface area contributed by atoms with Crippen molar-refractivity contribution in [3.8, 4) is 0 Å². The first-order chi connectivity index (χ1) is 6.83. The minimum Gasteiger partial charge on any atom is -0.394 e. The molecule has 0 aliphatic carbocycles. The maximum absolute atomic E-state index is 9.24. The van der Waals surface area contributed by atoms with Gasteiger partial charge in [0.15, 0.2) is 0 Å². The van der Waals surface area contributed by atoms with Crippen molar-refractivity contribution in [2.24, 2.45) is 0 Å². The van der Waals surface area contributed by atoms with Gasteiger partial charge in [-0.1, -0.05) is 19.9 Å². The van der Waals surface area contributed by atoms with Crippen molar-refractivity contribution in [1.82, 2.24) is 9.78 Å². The minimum absolute atomic E-state index is 0.0721. The third kappa shape index (κ3) is 2.29. The molecule has 84 valence electrons. The van der Waals surface area contributed by atoms with E-state index in [1.807, 2.05) is 32.3 Å². The Morgan fingerprint density at radius 3 is 2.53 bits per heavy atom. The van der Waals surface area contributed by atoms with Gasteiger partial charge in [-0.05, 0) is 19.4 Å². The van der Waals surface area contributed by atoms with Crippen molar-refractivity contribution in [3.05, 3.63) is 30.6 Å². The summed E-state index contributed by atoms with van der Waals surface area (Å²) in [6.07, 6.45) is 5.71. The fourth-order valence-corrected chi connectivity index (χ4v) is 1.18. The van der Waals surface area contributed by atoms with Crippen LogP contribution in [0.2, 0.25) is 0 Å². The molecule has 0 spiro atoms. The summed E-state index contributed by atoms with van der Waals surface area (Å²) in [5, 5.41) is 13.5. The van der Waals surface area contributed by atoms with Gasteiger partial charge >= 0.3 is 0 Å². The van der Waals surface area contributed by atoms with E-state index >= 15 is 0 Å². The highest BCUT2D eigenvalue weighted by Gasteiger charge is 2.23. The molecular weight excluding hydrogens is 188 g/mol.